The lowest BCUT2D eigenvalue weighted by Crippen LogP contribution is -2.26. The molecule has 0 radical (unpaired) electrons. The van der Waals surface area contributed by atoms with Crippen molar-refractivity contribution in [1.29, 1.82) is 0 Å². The van der Waals surface area contributed by atoms with Crippen LogP contribution in [0.4, 0.5) is 5.69 Å². The van der Waals surface area contributed by atoms with Crippen LogP contribution in [-0.2, 0) is 6.42 Å². The maximum Gasteiger partial charge on any atom is 0.286 e. The summed E-state index contributed by atoms with van der Waals surface area (Å²) >= 11 is 5.83. The molecular formula is C18H19ClN2O5. The highest BCUT2D eigenvalue weighted by Gasteiger charge is 2.24. The van der Waals surface area contributed by atoms with Gasteiger partial charge in [-0.25, -0.2) is 0 Å². The van der Waals surface area contributed by atoms with E-state index in [4.69, 9.17) is 21.1 Å². The van der Waals surface area contributed by atoms with Crippen LogP contribution >= 0.6 is 11.6 Å². The number of hydrogen-bond acceptors (Lipinski definition) is 5. The van der Waals surface area contributed by atoms with E-state index in [-0.39, 0.29) is 22.7 Å². The van der Waals surface area contributed by atoms with Crippen LogP contribution in [0.3, 0.4) is 0 Å². The molecule has 0 heterocycles. The zero-order chi connectivity index (χ0) is 19.1. The van der Waals surface area contributed by atoms with Crippen molar-refractivity contribution in [3.8, 4) is 11.5 Å². The van der Waals surface area contributed by atoms with Gasteiger partial charge in [-0.1, -0.05) is 23.7 Å². The van der Waals surface area contributed by atoms with E-state index >= 15 is 0 Å². The minimum atomic E-state index is -0.615. The number of carbonyl (C=O) groups is 1. The Morgan fingerprint density at radius 1 is 1.23 bits per heavy atom. The number of hydrogen-bond donors (Lipinski definition) is 1. The van der Waals surface area contributed by atoms with Gasteiger partial charge in [-0.15, -0.1) is 0 Å². The highest BCUT2D eigenvalue weighted by Crippen LogP contribution is 2.34. The van der Waals surface area contributed by atoms with E-state index in [1.165, 1.54) is 19.2 Å². The normalized spacial score (nSPS) is 10.3. The molecule has 0 aliphatic heterocycles. The number of nitro benzene ring substituents is 1. The minimum absolute atomic E-state index is 0.0774. The lowest BCUT2D eigenvalue weighted by atomic mass is 10.1. The molecule has 2 rings (SSSR count). The standard InChI is InChI=1S/C18H19ClN2O5/c1-3-26-17-11-15(21(23)24)14(10-16(17)25-2)18(22)20-9-8-12-4-6-13(19)7-5-12/h4-7,10-11H,3,8-9H2,1-2H3,(H,20,22). The number of methoxy groups -OCH3 is 1. The molecule has 1 N–H and O–H groups in total. The van der Waals surface area contributed by atoms with E-state index in [1.54, 1.807) is 19.1 Å². The van der Waals surface area contributed by atoms with Gasteiger partial charge in [0, 0.05) is 17.6 Å². The van der Waals surface area contributed by atoms with E-state index in [0.29, 0.717) is 24.6 Å². The molecule has 8 heteroatoms. The number of nitro groups is 1. The van der Waals surface area contributed by atoms with Gasteiger partial charge in [0.05, 0.1) is 24.7 Å². The molecule has 0 fully saturated rings. The van der Waals surface area contributed by atoms with Crippen molar-refractivity contribution in [2.75, 3.05) is 20.3 Å². The molecule has 0 aromatic heterocycles. The van der Waals surface area contributed by atoms with Crippen LogP contribution in [0.25, 0.3) is 0 Å². The van der Waals surface area contributed by atoms with Crippen LogP contribution < -0.4 is 14.8 Å². The number of halogens is 1. The van der Waals surface area contributed by atoms with E-state index in [9.17, 15) is 14.9 Å². The van der Waals surface area contributed by atoms with Crippen LogP contribution in [-0.4, -0.2) is 31.1 Å². The van der Waals surface area contributed by atoms with Crippen LogP contribution in [0.5, 0.6) is 11.5 Å². The number of nitrogens with zero attached hydrogens (tertiary/aromatic N) is 1. The second kappa shape index (κ2) is 9.05. The predicted molar refractivity (Wildman–Crippen MR) is 98.3 cm³/mol. The molecule has 0 unspecified atom stereocenters. The van der Waals surface area contributed by atoms with Gasteiger partial charge in [0.15, 0.2) is 11.5 Å². The van der Waals surface area contributed by atoms with Gasteiger partial charge in [-0.2, -0.15) is 0 Å². The summed E-state index contributed by atoms with van der Waals surface area (Å²) in [5, 5.41) is 14.6. The Balaban J connectivity index is 2.15. The van der Waals surface area contributed by atoms with Crippen LogP contribution in [0.1, 0.15) is 22.8 Å². The Bertz CT molecular complexity index is 793. The van der Waals surface area contributed by atoms with Crippen molar-refractivity contribution < 1.29 is 19.2 Å². The summed E-state index contributed by atoms with van der Waals surface area (Å²) in [5.74, 6) is -0.0632. The third-order valence-electron chi connectivity index (χ3n) is 3.64. The number of ether oxygens (including phenoxy) is 2. The van der Waals surface area contributed by atoms with E-state index in [0.717, 1.165) is 5.56 Å². The Morgan fingerprint density at radius 3 is 2.50 bits per heavy atom. The molecule has 0 saturated carbocycles. The molecule has 0 aliphatic carbocycles. The molecule has 1 amide bonds. The molecule has 7 nitrogen and oxygen atoms in total. The molecule has 0 atom stereocenters. The topological polar surface area (TPSA) is 90.7 Å². The third-order valence-corrected chi connectivity index (χ3v) is 3.89. The first kappa shape index (κ1) is 19.5. The van der Waals surface area contributed by atoms with Crippen LogP contribution in [0.15, 0.2) is 36.4 Å². The van der Waals surface area contributed by atoms with E-state index in [1.807, 2.05) is 12.1 Å². The van der Waals surface area contributed by atoms with Crippen molar-refractivity contribution in [3.63, 3.8) is 0 Å². The maximum absolute atomic E-state index is 12.4. The zero-order valence-corrected chi connectivity index (χ0v) is 15.2. The lowest BCUT2D eigenvalue weighted by molar-refractivity contribution is -0.385. The summed E-state index contributed by atoms with van der Waals surface area (Å²) in [6.45, 7) is 2.40. The fourth-order valence-corrected chi connectivity index (χ4v) is 2.50. The van der Waals surface area contributed by atoms with Gasteiger partial charge in [-0.3, -0.25) is 14.9 Å². The summed E-state index contributed by atoms with van der Waals surface area (Å²) in [6.07, 6.45) is 0.574. The molecule has 138 valence electrons. The Morgan fingerprint density at radius 2 is 1.92 bits per heavy atom. The van der Waals surface area contributed by atoms with Crippen molar-refractivity contribution in [2.45, 2.75) is 13.3 Å². The summed E-state index contributed by atoms with van der Waals surface area (Å²) in [4.78, 5) is 23.1. The molecule has 26 heavy (non-hydrogen) atoms. The van der Waals surface area contributed by atoms with Crippen molar-refractivity contribution in [2.24, 2.45) is 0 Å². The largest absolute Gasteiger partial charge is 0.493 e. The average Bonchev–Trinajstić information content (AvgIpc) is 2.63. The second-order valence-electron chi connectivity index (χ2n) is 5.34. The first-order chi connectivity index (χ1) is 12.5. The monoisotopic (exact) mass is 378 g/mol. The van der Waals surface area contributed by atoms with Crippen molar-refractivity contribution >= 4 is 23.2 Å². The molecular weight excluding hydrogens is 360 g/mol. The van der Waals surface area contributed by atoms with Crippen LogP contribution in [0.2, 0.25) is 5.02 Å². The first-order valence-corrected chi connectivity index (χ1v) is 8.36. The zero-order valence-electron chi connectivity index (χ0n) is 14.5. The fourth-order valence-electron chi connectivity index (χ4n) is 2.38. The van der Waals surface area contributed by atoms with E-state index < -0.39 is 10.8 Å². The maximum atomic E-state index is 12.4. The van der Waals surface area contributed by atoms with Gasteiger partial charge >= 0.3 is 0 Å². The lowest BCUT2D eigenvalue weighted by Gasteiger charge is -2.12. The van der Waals surface area contributed by atoms with Crippen molar-refractivity contribution in [1.82, 2.24) is 5.32 Å². The predicted octanol–water partition coefficient (Wildman–Crippen LogP) is 3.63. The third kappa shape index (κ3) is 4.86. The summed E-state index contributed by atoms with van der Waals surface area (Å²) in [6, 6.07) is 9.77. The summed E-state index contributed by atoms with van der Waals surface area (Å²) in [5.41, 5.74) is 0.582. The minimum Gasteiger partial charge on any atom is -0.493 e. The first-order valence-electron chi connectivity index (χ1n) is 7.98. The average molecular weight is 379 g/mol. The quantitative estimate of drug-likeness (QED) is 0.559. The summed E-state index contributed by atoms with van der Waals surface area (Å²) in [7, 11) is 1.41. The molecule has 0 bridgehead atoms. The molecule has 2 aromatic rings. The van der Waals surface area contributed by atoms with Crippen LogP contribution in [0, 0.1) is 10.1 Å². The number of amides is 1. The highest BCUT2D eigenvalue weighted by molar-refractivity contribution is 6.30. The van der Waals surface area contributed by atoms with E-state index in [2.05, 4.69) is 5.32 Å². The van der Waals surface area contributed by atoms with Crippen molar-refractivity contribution in [3.05, 3.63) is 62.7 Å². The highest BCUT2D eigenvalue weighted by atomic mass is 35.5. The van der Waals surface area contributed by atoms with Gasteiger partial charge in [0.2, 0.25) is 0 Å². The Kier molecular flexibility index (Phi) is 6.80. The smallest absolute Gasteiger partial charge is 0.286 e. The summed E-state index contributed by atoms with van der Waals surface area (Å²) < 4.78 is 10.5. The van der Waals surface area contributed by atoms with Gasteiger partial charge in [-0.05, 0) is 31.0 Å². The van der Waals surface area contributed by atoms with Gasteiger partial charge < -0.3 is 14.8 Å². The number of rotatable bonds is 8. The number of carbonyl (C=O) groups excluding carboxylic acids is 1. The SMILES string of the molecule is CCOc1cc([N+](=O)[O-])c(C(=O)NCCc2ccc(Cl)cc2)cc1OC. The fraction of sp³-hybridized carbons (Fsp3) is 0.278. The molecule has 2 aromatic carbocycles. The van der Waals surface area contributed by atoms with Gasteiger partial charge in [0.25, 0.3) is 11.6 Å². The molecule has 0 spiro atoms. The Labute approximate surface area is 156 Å². The van der Waals surface area contributed by atoms with Gasteiger partial charge in [0.1, 0.15) is 5.56 Å². The molecule has 0 saturated heterocycles. The number of nitrogens with one attached hydrogen (secondary N) is 1. The Hall–Kier alpha value is -2.80. The number of benzene rings is 2. The molecule has 0 aliphatic rings. The second-order valence-corrected chi connectivity index (χ2v) is 5.78.